The van der Waals surface area contributed by atoms with Crippen LogP contribution < -0.4 is 5.32 Å². The summed E-state index contributed by atoms with van der Waals surface area (Å²) in [7, 11) is 1.50. The largest absolute Gasteiger partial charge is 0.468 e. The van der Waals surface area contributed by atoms with Crippen molar-refractivity contribution in [2.75, 3.05) is 7.11 Å². The second kappa shape index (κ2) is 5.57. The van der Waals surface area contributed by atoms with Gasteiger partial charge in [0.2, 0.25) is 0 Å². The highest BCUT2D eigenvalue weighted by Crippen LogP contribution is 2.40. The van der Waals surface area contributed by atoms with Crippen molar-refractivity contribution in [3.8, 4) is 0 Å². The van der Waals surface area contributed by atoms with E-state index < -0.39 is 5.54 Å². The van der Waals surface area contributed by atoms with Gasteiger partial charge < -0.3 is 4.74 Å². The molecule has 20 heavy (non-hydrogen) atoms. The summed E-state index contributed by atoms with van der Waals surface area (Å²) in [5, 5.41) is 3.55. The number of rotatable bonds is 4. The smallest absolute Gasteiger partial charge is 0.326 e. The number of hydrogen-bond donors (Lipinski definition) is 1. The average molecular weight is 273 g/mol. The van der Waals surface area contributed by atoms with Crippen molar-refractivity contribution < 1.29 is 9.53 Å². The third-order valence-corrected chi connectivity index (χ3v) is 4.74. The van der Waals surface area contributed by atoms with Gasteiger partial charge >= 0.3 is 5.97 Å². The molecule has 0 atom stereocenters. The van der Waals surface area contributed by atoms with Crippen LogP contribution in [0.5, 0.6) is 0 Å². The summed E-state index contributed by atoms with van der Waals surface area (Å²) in [6.07, 6.45) is 6.27. The molecule has 108 valence electrons. The van der Waals surface area contributed by atoms with E-state index in [4.69, 9.17) is 4.74 Å². The monoisotopic (exact) mass is 273 g/mol. The highest BCUT2D eigenvalue weighted by Gasteiger charge is 2.45. The van der Waals surface area contributed by atoms with Crippen molar-refractivity contribution in [1.29, 1.82) is 0 Å². The Morgan fingerprint density at radius 2 is 1.80 bits per heavy atom. The van der Waals surface area contributed by atoms with E-state index in [9.17, 15) is 4.79 Å². The van der Waals surface area contributed by atoms with Crippen molar-refractivity contribution in [2.45, 2.75) is 56.0 Å². The Labute approximate surface area is 120 Å². The Hall–Kier alpha value is -1.35. The predicted molar refractivity (Wildman–Crippen MR) is 78.6 cm³/mol. The molecular weight excluding hydrogens is 250 g/mol. The molecule has 0 spiro atoms. The summed E-state index contributed by atoms with van der Waals surface area (Å²) in [5.41, 5.74) is 0.971. The van der Waals surface area contributed by atoms with Crippen LogP contribution in [0.1, 0.15) is 50.0 Å². The molecule has 1 aromatic carbocycles. The summed E-state index contributed by atoms with van der Waals surface area (Å²) in [6.45, 7) is 0. The molecular formula is C17H23NO2. The Bertz CT molecular complexity index is 459. The molecule has 2 aliphatic rings. The van der Waals surface area contributed by atoms with Gasteiger partial charge in [0.05, 0.1) is 7.11 Å². The fraction of sp³-hybridized carbons (Fsp3) is 0.588. The number of esters is 1. The number of ether oxygens (including phenoxy) is 1. The van der Waals surface area contributed by atoms with Crippen molar-refractivity contribution in [1.82, 2.24) is 5.32 Å². The molecule has 0 bridgehead atoms. The minimum Gasteiger partial charge on any atom is -0.468 e. The summed E-state index contributed by atoms with van der Waals surface area (Å²) in [6, 6.07) is 11.2. The maximum absolute atomic E-state index is 12.2. The van der Waals surface area contributed by atoms with E-state index >= 15 is 0 Å². The highest BCUT2D eigenvalue weighted by atomic mass is 16.5. The van der Waals surface area contributed by atoms with E-state index in [1.165, 1.54) is 25.5 Å². The topological polar surface area (TPSA) is 38.3 Å². The molecule has 0 unspecified atom stereocenters. The first kappa shape index (κ1) is 13.6. The molecule has 0 heterocycles. The number of benzene rings is 1. The first-order valence-corrected chi connectivity index (χ1v) is 7.64. The second-order valence-electron chi connectivity index (χ2n) is 6.18. The summed E-state index contributed by atoms with van der Waals surface area (Å²) in [4.78, 5) is 12.2. The van der Waals surface area contributed by atoms with E-state index in [2.05, 4.69) is 35.6 Å². The summed E-state index contributed by atoms with van der Waals surface area (Å²) >= 11 is 0. The number of methoxy groups -OCH3 is 1. The Morgan fingerprint density at radius 1 is 1.15 bits per heavy atom. The Kier molecular flexibility index (Phi) is 3.79. The van der Waals surface area contributed by atoms with Crippen LogP contribution in [0.15, 0.2) is 30.3 Å². The van der Waals surface area contributed by atoms with Gasteiger partial charge in [0, 0.05) is 6.04 Å². The number of carbonyl (C=O) groups is 1. The van der Waals surface area contributed by atoms with Gasteiger partial charge in [-0.2, -0.15) is 0 Å². The van der Waals surface area contributed by atoms with Crippen LogP contribution in [0.3, 0.4) is 0 Å². The van der Waals surface area contributed by atoms with Crippen LogP contribution in [0.2, 0.25) is 0 Å². The molecule has 3 rings (SSSR count). The molecule has 2 aliphatic carbocycles. The number of nitrogens with one attached hydrogen (secondary N) is 1. The molecule has 2 fully saturated rings. The molecule has 1 aromatic rings. The maximum atomic E-state index is 12.2. The van der Waals surface area contributed by atoms with E-state index in [-0.39, 0.29) is 5.97 Å². The molecule has 2 saturated carbocycles. The molecule has 1 N–H and O–H groups in total. The van der Waals surface area contributed by atoms with E-state index in [0.29, 0.717) is 12.0 Å². The fourth-order valence-electron chi connectivity index (χ4n) is 3.39. The third kappa shape index (κ3) is 2.73. The zero-order valence-corrected chi connectivity index (χ0v) is 12.1. The number of hydrogen-bond acceptors (Lipinski definition) is 3. The molecule has 3 heteroatoms. The zero-order valence-electron chi connectivity index (χ0n) is 12.1. The van der Waals surface area contributed by atoms with Gasteiger partial charge in [-0.25, -0.2) is 0 Å². The van der Waals surface area contributed by atoms with Gasteiger partial charge in [0.15, 0.2) is 0 Å². The van der Waals surface area contributed by atoms with Crippen molar-refractivity contribution in [2.24, 2.45) is 0 Å². The van der Waals surface area contributed by atoms with Crippen LogP contribution in [-0.4, -0.2) is 24.7 Å². The molecule has 0 aromatic heterocycles. The van der Waals surface area contributed by atoms with Crippen LogP contribution in [-0.2, 0) is 9.53 Å². The average Bonchev–Trinajstić information content (AvgIpc) is 3.32. The molecule has 0 saturated heterocycles. The van der Waals surface area contributed by atoms with Crippen LogP contribution in [0, 0.1) is 0 Å². The van der Waals surface area contributed by atoms with Gasteiger partial charge in [-0.3, -0.25) is 10.1 Å². The predicted octanol–water partition coefficient (Wildman–Crippen LogP) is 3.01. The lowest BCUT2D eigenvalue weighted by molar-refractivity contribution is -0.150. The van der Waals surface area contributed by atoms with Crippen molar-refractivity contribution >= 4 is 5.97 Å². The van der Waals surface area contributed by atoms with Gasteiger partial charge in [-0.1, -0.05) is 30.3 Å². The number of carbonyl (C=O) groups excluding carboxylic acids is 1. The quantitative estimate of drug-likeness (QED) is 0.857. The maximum Gasteiger partial charge on any atom is 0.326 e. The van der Waals surface area contributed by atoms with Crippen molar-refractivity contribution in [3.05, 3.63) is 35.9 Å². The van der Waals surface area contributed by atoms with E-state index in [1.807, 2.05) is 0 Å². The van der Waals surface area contributed by atoms with Gasteiger partial charge in [0.1, 0.15) is 5.54 Å². The van der Waals surface area contributed by atoms with Crippen LogP contribution >= 0.6 is 0 Å². The van der Waals surface area contributed by atoms with Crippen molar-refractivity contribution in [3.63, 3.8) is 0 Å². The summed E-state index contributed by atoms with van der Waals surface area (Å²) in [5.74, 6) is 0.505. The standard InChI is InChI=1S/C17H23NO2/c1-20-16(19)17(18-15-7-8-15)11-9-14(10-12-17)13-5-3-2-4-6-13/h2-6,14-15,18H,7-12H2,1H3. The normalized spacial score (nSPS) is 29.9. The first-order chi connectivity index (χ1) is 9.73. The molecule has 0 aliphatic heterocycles. The highest BCUT2D eigenvalue weighted by molar-refractivity contribution is 5.81. The first-order valence-electron chi connectivity index (χ1n) is 7.64. The van der Waals surface area contributed by atoms with Crippen LogP contribution in [0.25, 0.3) is 0 Å². The Balaban J connectivity index is 1.69. The third-order valence-electron chi connectivity index (χ3n) is 4.74. The Morgan fingerprint density at radius 3 is 2.35 bits per heavy atom. The molecule has 0 amide bonds. The van der Waals surface area contributed by atoms with E-state index in [0.717, 1.165) is 25.7 Å². The lowest BCUT2D eigenvalue weighted by atomic mass is 9.74. The van der Waals surface area contributed by atoms with E-state index in [1.54, 1.807) is 0 Å². The SMILES string of the molecule is COC(=O)C1(NC2CC2)CCC(c2ccccc2)CC1. The lowest BCUT2D eigenvalue weighted by Crippen LogP contribution is -2.55. The van der Waals surface area contributed by atoms with Gasteiger partial charge in [-0.15, -0.1) is 0 Å². The zero-order chi connectivity index (χ0) is 14.0. The van der Waals surface area contributed by atoms with Gasteiger partial charge in [0.25, 0.3) is 0 Å². The minimum atomic E-state index is -0.429. The second-order valence-corrected chi connectivity index (χ2v) is 6.18. The lowest BCUT2D eigenvalue weighted by Gasteiger charge is -2.39. The molecule has 3 nitrogen and oxygen atoms in total. The minimum absolute atomic E-state index is 0.0732. The van der Waals surface area contributed by atoms with Crippen LogP contribution in [0.4, 0.5) is 0 Å². The van der Waals surface area contributed by atoms with Gasteiger partial charge in [-0.05, 0) is 50.0 Å². The fourth-order valence-corrected chi connectivity index (χ4v) is 3.39. The summed E-state index contributed by atoms with van der Waals surface area (Å²) < 4.78 is 5.06. The molecule has 0 radical (unpaired) electrons.